The summed E-state index contributed by atoms with van der Waals surface area (Å²) < 4.78 is 0. The molecule has 1 aromatic carbocycles. The second-order valence-electron chi connectivity index (χ2n) is 5.00. The Morgan fingerprint density at radius 2 is 1.76 bits per heavy atom. The summed E-state index contributed by atoms with van der Waals surface area (Å²) in [5, 5.41) is 9.13. The summed E-state index contributed by atoms with van der Waals surface area (Å²) in [4.78, 5) is 1.72. The lowest BCUT2D eigenvalue weighted by atomic mass is 9.85. The molecule has 0 atom stereocenters. The Labute approximate surface area is 102 Å². The molecule has 0 saturated carbocycles. The molecule has 2 aromatic rings. The Balaban J connectivity index is 2.45. The van der Waals surface area contributed by atoms with Crippen LogP contribution in [0.2, 0.25) is 0 Å². The van der Waals surface area contributed by atoms with E-state index in [2.05, 4.69) is 31.0 Å². The van der Waals surface area contributed by atoms with Crippen LogP contribution >= 0.6 is 0 Å². The van der Waals surface area contributed by atoms with Gasteiger partial charge in [-0.2, -0.15) is 15.0 Å². The fourth-order valence-corrected chi connectivity index (χ4v) is 1.85. The van der Waals surface area contributed by atoms with Gasteiger partial charge >= 0.3 is 0 Å². The maximum absolute atomic E-state index is 4.63. The first kappa shape index (κ1) is 11.8. The van der Waals surface area contributed by atoms with Crippen molar-refractivity contribution in [3.05, 3.63) is 41.7 Å². The standard InChI is InChI=1S/C14H19N3/c1-5-14(3,4)13-11(2)15-17(16-13)12-9-7-6-8-10-12/h6-10H,5H2,1-4H3. The van der Waals surface area contributed by atoms with Gasteiger partial charge in [0.1, 0.15) is 0 Å². The Kier molecular flexibility index (Phi) is 3.01. The molecule has 17 heavy (non-hydrogen) atoms. The van der Waals surface area contributed by atoms with E-state index in [4.69, 9.17) is 0 Å². The molecule has 90 valence electrons. The molecule has 1 aromatic heterocycles. The monoisotopic (exact) mass is 229 g/mol. The van der Waals surface area contributed by atoms with Gasteiger partial charge in [0.05, 0.1) is 17.1 Å². The van der Waals surface area contributed by atoms with Crippen molar-refractivity contribution in [2.45, 2.75) is 39.5 Å². The third-order valence-electron chi connectivity index (χ3n) is 3.29. The van der Waals surface area contributed by atoms with E-state index in [1.54, 1.807) is 4.80 Å². The zero-order valence-electron chi connectivity index (χ0n) is 10.9. The summed E-state index contributed by atoms with van der Waals surface area (Å²) in [5.74, 6) is 0. The van der Waals surface area contributed by atoms with Crippen LogP contribution in [0.25, 0.3) is 5.69 Å². The van der Waals surface area contributed by atoms with Gasteiger partial charge in [-0.1, -0.05) is 39.0 Å². The van der Waals surface area contributed by atoms with Crippen LogP contribution in [0.3, 0.4) is 0 Å². The van der Waals surface area contributed by atoms with Crippen LogP contribution in [0.15, 0.2) is 30.3 Å². The summed E-state index contributed by atoms with van der Waals surface area (Å²) in [6, 6.07) is 10.0. The minimum absolute atomic E-state index is 0.0805. The summed E-state index contributed by atoms with van der Waals surface area (Å²) >= 11 is 0. The minimum atomic E-state index is 0.0805. The van der Waals surface area contributed by atoms with Crippen LogP contribution in [0.4, 0.5) is 0 Å². The predicted molar refractivity (Wildman–Crippen MR) is 69.4 cm³/mol. The molecule has 0 bridgehead atoms. The fourth-order valence-electron chi connectivity index (χ4n) is 1.85. The van der Waals surface area contributed by atoms with Crippen molar-refractivity contribution in [1.29, 1.82) is 0 Å². The highest BCUT2D eigenvalue weighted by molar-refractivity contribution is 5.30. The molecule has 1 heterocycles. The molecule has 0 radical (unpaired) electrons. The van der Waals surface area contributed by atoms with E-state index in [0.717, 1.165) is 23.5 Å². The lowest BCUT2D eigenvalue weighted by Gasteiger charge is -2.19. The maximum atomic E-state index is 4.63. The largest absolute Gasteiger partial charge is 0.153 e. The third kappa shape index (κ3) is 2.23. The van der Waals surface area contributed by atoms with Crippen molar-refractivity contribution in [2.24, 2.45) is 0 Å². The molecular formula is C14H19N3. The first-order valence-electron chi connectivity index (χ1n) is 6.04. The van der Waals surface area contributed by atoms with E-state index in [9.17, 15) is 0 Å². The van der Waals surface area contributed by atoms with Gasteiger partial charge in [-0.15, -0.1) is 0 Å². The molecule has 0 aliphatic rings. The summed E-state index contributed by atoms with van der Waals surface area (Å²) in [6.07, 6.45) is 1.06. The highest BCUT2D eigenvalue weighted by Gasteiger charge is 2.25. The highest BCUT2D eigenvalue weighted by atomic mass is 15.5. The third-order valence-corrected chi connectivity index (χ3v) is 3.29. The number of para-hydroxylation sites is 1. The van der Waals surface area contributed by atoms with Crippen LogP contribution in [0, 0.1) is 6.92 Å². The number of hydrogen-bond acceptors (Lipinski definition) is 2. The Morgan fingerprint density at radius 1 is 1.12 bits per heavy atom. The molecule has 0 spiro atoms. The first-order valence-corrected chi connectivity index (χ1v) is 6.04. The minimum Gasteiger partial charge on any atom is -0.153 e. The van der Waals surface area contributed by atoms with Crippen molar-refractivity contribution < 1.29 is 0 Å². The van der Waals surface area contributed by atoms with E-state index in [0.29, 0.717) is 0 Å². The number of aryl methyl sites for hydroxylation is 1. The molecule has 3 nitrogen and oxygen atoms in total. The van der Waals surface area contributed by atoms with Gasteiger partial charge in [-0.25, -0.2) is 0 Å². The number of hydrogen-bond donors (Lipinski definition) is 0. The molecule has 0 saturated heterocycles. The first-order chi connectivity index (χ1) is 8.04. The summed E-state index contributed by atoms with van der Waals surface area (Å²) in [5.41, 5.74) is 3.19. The van der Waals surface area contributed by atoms with Crippen molar-refractivity contribution in [2.75, 3.05) is 0 Å². The zero-order chi connectivity index (χ0) is 12.5. The Hall–Kier alpha value is -1.64. The summed E-state index contributed by atoms with van der Waals surface area (Å²) in [7, 11) is 0. The average Bonchev–Trinajstić information content (AvgIpc) is 2.73. The lowest BCUT2D eigenvalue weighted by molar-refractivity contribution is 0.483. The van der Waals surface area contributed by atoms with Crippen molar-refractivity contribution in [3.8, 4) is 5.69 Å². The van der Waals surface area contributed by atoms with Gasteiger partial charge in [0.15, 0.2) is 0 Å². The molecule has 0 aliphatic carbocycles. The maximum Gasteiger partial charge on any atom is 0.0916 e. The van der Waals surface area contributed by atoms with E-state index >= 15 is 0 Å². The molecule has 3 heteroatoms. The Bertz CT molecular complexity index is 497. The molecule has 0 fully saturated rings. The number of nitrogens with zero attached hydrogens (tertiary/aromatic N) is 3. The van der Waals surface area contributed by atoms with Crippen LogP contribution in [0.5, 0.6) is 0 Å². The number of benzene rings is 1. The van der Waals surface area contributed by atoms with Gasteiger partial charge in [-0.3, -0.25) is 0 Å². The van der Waals surface area contributed by atoms with Gasteiger partial charge in [0.2, 0.25) is 0 Å². The normalized spacial score (nSPS) is 11.8. The van der Waals surface area contributed by atoms with E-state index in [-0.39, 0.29) is 5.41 Å². The molecule has 2 rings (SSSR count). The van der Waals surface area contributed by atoms with Gasteiger partial charge in [0, 0.05) is 5.41 Å². The van der Waals surface area contributed by atoms with Crippen LogP contribution < -0.4 is 0 Å². The quantitative estimate of drug-likeness (QED) is 0.808. The smallest absolute Gasteiger partial charge is 0.0916 e. The van der Waals surface area contributed by atoms with E-state index in [1.165, 1.54) is 0 Å². The van der Waals surface area contributed by atoms with Gasteiger partial charge < -0.3 is 0 Å². The summed E-state index contributed by atoms with van der Waals surface area (Å²) in [6.45, 7) is 8.62. The number of rotatable bonds is 3. The zero-order valence-corrected chi connectivity index (χ0v) is 10.9. The highest BCUT2D eigenvalue weighted by Crippen LogP contribution is 2.27. The molecule has 0 amide bonds. The van der Waals surface area contributed by atoms with Crippen molar-refractivity contribution >= 4 is 0 Å². The van der Waals surface area contributed by atoms with Gasteiger partial charge in [-0.05, 0) is 25.5 Å². The second kappa shape index (κ2) is 4.32. The van der Waals surface area contributed by atoms with Crippen LogP contribution in [-0.4, -0.2) is 15.0 Å². The molecule has 0 unspecified atom stereocenters. The molecular weight excluding hydrogens is 210 g/mol. The SMILES string of the molecule is CCC(C)(C)c1nn(-c2ccccc2)nc1C. The van der Waals surface area contributed by atoms with E-state index in [1.807, 2.05) is 37.3 Å². The van der Waals surface area contributed by atoms with Crippen LogP contribution in [-0.2, 0) is 5.41 Å². The lowest BCUT2D eigenvalue weighted by Crippen LogP contribution is -2.17. The van der Waals surface area contributed by atoms with Crippen LogP contribution in [0.1, 0.15) is 38.6 Å². The average molecular weight is 229 g/mol. The fraction of sp³-hybridized carbons (Fsp3) is 0.429. The van der Waals surface area contributed by atoms with Crippen molar-refractivity contribution in [1.82, 2.24) is 15.0 Å². The van der Waals surface area contributed by atoms with Crippen molar-refractivity contribution in [3.63, 3.8) is 0 Å². The Morgan fingerprint density at radius 3 is 2.35 bits per heavy atom. The second-order valence-corrected chi connectivity index (χ2v) is 5.00. The van der Waals surface area contributed by atoms with Gasteiger partial charge in [0.25, 0.3) is 0 Å². The molecule has 0 N–H and O–H groups in total. The topological polar surface area (TPSA) is 30.7 Å². The number of aromatic nitrogens is 3. The predicted octanol–water partition coefficient (Wildman–Crippen LogP) is 3.26. The molecule has 0 aliphatic heterocycles. The van der Waals surface area contributed by atoms with E-state index < -0.39 is 0 Å².